The minimum Gasteiger partial charge on any atom is -0.329 e. The van der Waals surface area contributed by atoms with Crippen LogP contribution < -0.4 is 0 Å². The van der Waals surface area contributed by atoms with Crippen LogP contribution in [-0.4, -0.2) is 23.5 Å². The molecule has 1 heterocycles. The molecule has 0 spiro atoms. The number of halogens is 3. The molecule has 0 radical (unpaired) electrons. The number of alkyl halides is 3. The van der Waals surface area contributed by atoms with Crippen molar-refractivity contribution in [2.75, 3.05) is 6.54 Å². The van der Waals surface area contributed by atoms with Gasteiger partial charge in [-0.15, -0.1) is 0 Å². The molecule has 1 aromatic heterocycles. The van der Waals surface area contributed by atoms with Crippen LogP contribution in [0, 0.1) is 5.92 Å². The van der Waals surface area contributed by atoms with E-state index in [1.54, 1.807) is 16.8 Å². The summed E-state index contributed by atoms with van der Waals surface area (Å²) in [6, 6.07) is 1.74. The summed E-state index contributed by atoms with van der Waals surface area (Å²) in [5, 5.41) is 3.56. The zero-order valence-corrected chi connectivity index (χ0v) is 9.85. The highest BCUT2D eigenvalue weighted by Gasteiger charge is 2.39. The third-order valence-corrected chi connectivity index (χ3v) is 3.29. The summed E-state index contributed by atoms with van der Waals surface area (Å²) in [4.78, 5) is 12.7. The van der Waals surface area contributed by atoms with Crippen LogP contribution in [0.2, 0.25) is 0 Å². The lowest BCUT2D eigenvalue weighted by Crippen LogP contribution is -2.39. The fraction of sp³-hybridized carbons (Fsp3) is 0.545. The molecule has 0 N–H and O–H groups in total. The Morgan fingerprint density at radius 2 is 2.18 bits per heavy atom. The van der Waals surface area contributed by atoms with Gasteiger partial charge in [-0.25, -0.2) is 0 Å². The van der Waals surface area contributed by atoms with Gasteiger partial charge >= 0.3 is 6.18 Å². The van der Waals surface area contributed by atoms with E-state index in [9.17, 15) is 18.0 Å². The van der Waals surface area contributed by atoms with Crippen molar-refractivity contribution < 1.29 is 18.0 Å². The Hall–Kier alpha value is -1.04. The first kappa shape index (κ1) is 12.4. The van der Waals surface area contributed by atoms with Crippen LogP contribution in [-0.2, 0) is 11.3 Å². The highest BCUT2D eigenvalue weighted by atomic mass is 32.1. The molecule has 0 saturated heterocycles. The lowest BCUT2D eigenvalue weighted by atomic mass is 10.2. The summed E-state index contributed by atoms with van der Waals surface area (Å²) in [6.07, 6.45) is -2.89. The number of hydrogen-bond acceptors (Lipinski definition) is 2. The minimum atomic E-state index is -4.33. The molecular formula is C11H12F3NOS. The zero-order valence-electron chi connectivity index (χ0n) is 9.04. The third-order valence-electron chi connectivity index (χ3n) is 2.56. The molecule has 2 nitrogen and oxygen atoms in total. The molecule has 0 aliphatic heterocycles. The van der Waals surface area contributed by atoms with Crippen LogP contribution in [0.25, 0.3) is 0 Å². The Kier molecular flexibility index (Phi) is 3.42. The lowest BCUT2D eigenvalue weighted by molar-refractivity contribution is -0.163. The van der Waals surface area contributed by atoms with E-state index in [1.807, 2.05) is 0 Å². The molecule has 1 aliphatic rings. The number of nitrogens with zero attached hydrogens (tertiary/aromatic N) is 1. The van der Waals surface area contributed by atoms with E-state index in [4.69, 9.17) is 0 Å². The third kappa shape index (κ3) is 3.73. The van der Waals surface area contributed by atoms with E-state index in [2.05, 4.69) is 0 Å². The molecule has 0 atom stereocenters. The highest BCUT2D eigenvalue weighted by molar-refractivity contribution is 7.07. The summed E-state index contributed by atoms with van der Waals surface area (Å²) in [5.74, 6) is -0.551. The van der Waals surface area contributed by atoms with Crippen LogP contribution in [0.5, 0.6) is 0 Å². The fourth-order valence-corrected chi connectivity index (χ4v) is 2.28. The summed E-state index contributed by atoms with van der Waals surface area (Å²) in [7, 11) is 0. The van der Waals surface area contributed by atoms with Gasteiger partial charge in [0, 0.05) is 12.5 Å². The second-order valence-electron chi connectivity index (χ2n) is 4.22. The Balaban J connectivity index is 2.03. The van der Waals surface area contributed by atoms with Gasteiger partial charge in [0.25, 0.3) is 0 Å². The van der Waals surface area contributed by atoms with Gasteiger partial charge < -0.3 is 4.90 Å². The minimum absolute atomic E-state index is 0.0539. The quantitative estimate of drug-likeness (QED) is 0.817. The number of rotatable bonds is 4. The maximum absolute atomic E-state index is 12.4. The van der Waals surface area contributed by atoms with Gasteiger partial charge in [-0.1, -0.05) is 0 Å². The topological polar surface area (TPSA) is 20.3 Å². The van der Waals surface area contributed by atoms with Crippen LogP contribution in [0.1, 0.15) is 18.4 Å². The fourth-order valence-electron chi connectivity index (χ4n) is 1.62. The SMILES string of the molecule is O=C(C1CC1)N(Cc1ccsc1)CC(F)(F)F. The number of amides is 1. The van der Waals surface area contributed by atoms with Gasteiger partial charge in [-0.05, 0) is 35.2 Å². The van der Waals surface area contributed by atoms with E-state index in [0.29, 0.717) is 0 Å². The van der Waals surface area contributed by atoms with Crippen LogP contribution in [0.4, 0.5) is 13.2 Å². The Labute approximate surface area is 101 Å². The van der Waals surface area contributed by atoms with E-state index < -0.39 is 12.7 Å². The molecule has 0 aromatic carbocycles. The van der Waals surface area contributed by atoms with Gasteiger partial charge in [0.05, 0.1) is 0 Å². The Morgan fingerprint density at radius 3 is 2.65 bits per heavy atom. The largest absolute Gasteiger partial charge is 0.406 e. The molecule has 1 saturated carbocycles. The first-order valence-electron chi connectivity index (χ1n) is 5.32. The molecule has 0 unspecified atom stereocenters. The molecular weight excluding hydrogens is 251 g/mol. The predicted octanol–water partition coefficient (Wildman–Crippen LogP) is 3.05. The molecule has 17 heavy (non-hydrogen) atoms. The van der Waals surface area contributed by atoms with Crippen molar-refractivity contribution in [1.29, 1.82) is 0 Å². The molecule has 1 aliphatic carbocycles. The highest BCUT2D eigenvalue weighted by Crippen LogP contribution is 2.32. The lowest BCUT2D eigenvalue weighted by Gasteiger charge is -2.23. The second-order valence-corrected chi connectivity index (χ2v) is 5.00. The number of carbonyl (C=O) groups excluding carboxylic acids is 1. The molecule has 94 valence electrons. The molecule has 1 amide bonds. The summed E-state index contributed by atoms with van der Waals surface area (Å²) in [6.45, 7) is -1.10. The number of carbonyl (C=O) groups is 1. The van der Waals surface area contributed by atoms with Crippen molar-refractivity contribution in [2.45, 2.75) is 25.6 Å². The maximum Gasteiger partial charge on any atom is 0.406 e. The first-order valence-corrected chi connectivity index (χ1v) is 6.26. The Bertz CT molecular complexity index is 384. The smallest absolute Gasteiger partial charge is 0.329 e. The van der Waals surface area contributed by atoms with Crippen LogP contribution in [0.15, 0.2) is 16.8 Å². The van der Waals surface area contributed by atoms with E-state index in [-0.39, 0.29) is 18.4 Å². The standard InChI is InChI=1S/C11H12F3NOS/c12-11(13,14)7-15(10(16)9-1-2-9)5-8-3-4-17-6-8/h3-4,6,9H,1-2,5,7H2. The van der Waals surface area contributed by atoms with Crippen molar-refractivity contribution in [3.05, 3.63) is 22.4 Å². The molecule has 1 fully saturated rings. The van der Waals surface area contributed by atoms with Gasteiger partial charge in [0.2, 0.25) is 5.91 Å². The predicted molar refractivity (Wildman–Crippen MR) is 58.5 cm³/mol. The summed E-state index contributed by atoms with van der Waals surface area (Å²) >= 11 is 1.42. The van der Waals surface area contributed by atoms with E-state index in [0.717, 1.165) is 23.3 Å². The van der Waals surface area contributed by atoms with Crippen molar-refractivity contribution in [3.8, 4) is 0 Å². The van der Waals surface area contributed by atoms with Crippen molar-refractivity contribution in [3.63, 3.8) is 0 Å². The van der Waals surface area contributed by atoms with Gasteiger partial charge in [-0.2, -0.15) is 24.5 Å². The molecule has 6 heteroatoms. The van der Waals surface area contributed by atoms with Gasteiger partial charge in [-0.3, -0.25) is 4.79 Å². The number of thiophene rings is 1. The van der Waals surface area contributed by atoms with Crippen molar-refractivity contribution >= 4 is 17.2 Å². The van der Waals surface area contributed by atoms with Crippen molar-refractivity contribution in [1.82, 2.24) is 4.90 Å². The molecule has 0 bridgehead atoms. The first-order chi connectivity index (χ1) is 7.96. The molecule has 1 aromatic rings. The van der Waals surface area contributed by atoms with Crippen LogP contribution in [0.3, 0.4) is 0 Å². The monoisotopic (exact) mass is 263 g/mol. The second kappa shape index (κ2) is 4.68. The summed E-state index contributed by atoms with van der Waals surface area (Å²) < 4.78 is 37.2. The van der Waals surface area contributed by atoms with E-state index >= 15 is 0 Å². The maximum atomic E-state index is 12.4. The molecule has 2 rings (SSSR count). The van der Waals surface area contributed by atoms with Crippen molar-refractivity contribution in [2.24, 2.45) is 5.92 Å². The van der Waals surface area contributed by atoms with Crippen LogP contribution >= 0.6 is 11.3 Å². The summed E-state index contributed by atoms with van der Waals surface area (Å²) in [5.41, 5.74) is 0.758. The number of hydrogen-bond donors (Lipinski definition) is 0. The average Bonchev–Trinajstić information content (AvgIpc) is 2.94. The van der Waals surface area contributed by atoms with E-state index in [1.165, 1.54) is 11.3 Å². The Morgan fingerprint density at radius 1 is 1.47 bits per heavy atom. The van der Waals surface area contributed by atoms with Gasteiger partial charge in [0.15, 0.2) is 0 Å². The average molecular weight is 263 g/mol. The van der Waals surface area contributed by atoms with Gasteiger partial charge in [0.1, 0.15) is 6.54 Å². The normalized spacial score (nSPS) is 15.9. The zero-order chi connectivity index (χ0) is 12.5.